The van der Waals surface area contributed by atoms with Gasteiger partial charge in [0.25, 0.3) is 5.91 Å². The van der Waals surface area contributed by atoms with E-state index in [1.165, 1.54) is 5.56 Å². The number of hydrogen-bond acceptors (Lipinski definition) is 3. The first-order chi connectivity index (χ1) is 13.2. The van der Waals surface area contributed by atoms with Crippen LogP contribution >= 0.6 is 0 Å². The molecule has 2 amide bonds. The van der Waals surface area contributed by atoms with E-state index in [1.807, 2.05) is 42.5 Å². The van der Waals surface area contributed by atoms with Crippen molar-refractivity contribution in [2.45, 2.75) is 46.0 Å². The van der Waals surface area contributed by atoms with E-state index >= 15 is 0 Å². The number of fused-ring (bicyclic) bond motifs is 1. The van der Waals surface area contributed by atoms with Crippen molar-refractivity contribution in [3.63, 3.8) is 0 Å². The second kappa shape index (κ2) is 8.05. The molecule has 0 saturated carbocycles. The number of hydrogen-bond donors (Lipinski definition) is 1. The van der Waals surface area contributed by atoms with Crippen LogP contribution in [0.4, 0.5) is 11.4 Å². The van der Waals surface area contributed by atoms with Gasteiger partial charge in [-0.05, 0) is 59.7 Å². The SMILES string of the molecule is CC(=O)N1CCCc2cc(NC(=O)COc3ccc(C(C)(C)C)cc3)ccc21. The molecule has 0 bridgehead atoms. The molecule has 0 unspecified atom stereocenters. The Bertz CT molecular complexity index is 866. The van der Waals surface area contributed by atoms with Gasteiger partial charge in [-0.15, -0.1) is 0 Å². The van der Waals surface area contributed by atoms with Crippen molar-refractivity contribution in [1.82, 2.24) is 0 Å². The lowest BCUT2D eigenvalue weighted by atomic mass is 9.87. The highest BCUT2D eigenvalue weighted by Crippen LogP contribution is 2.30. The number of aryl methyl sites for hydroxylation is 1. The van der Waals surface area contributed by atoms with Crippen LogP contribution in [-0.4, -0.2) is 25.0 Å². The second-order valence-corrected chi connectivity index (χ2v) is 8.23. The van der Waals surface area contributed by atoms with Crippen LogP contribution in [0.1, 0.15) is 45.2 Å². The van der Waals surface area contributed by atoms with Crippen molar-refractivity contribution in [2.75, 3.05) is 23.4 Å². The van der Waals surface area contributed by atoms with Gasteiger partial charge >= 0.3 is 0 Å². The average molecular weight is 380 g/mol. The van der Waals surface area contributed by atoms with Crippen molar-refractivity contribution in [3.05, 3.63) is 53.6 Å². The molecule has 0 radical (unpaired) electrons. The summed E-state index contributed by atoms with van der Waals surface area (Å²) in [6.07, 6.45) is 1.83. The van der Waals surface area contributed by atoms with Gasteiger partial charge in [0.1, 0.15) is 5.75 Å². The van der Waals surface area contributed by atoms with Crippen molar-refractivity contribution in [1.29, 1.82) is 0 Å². The zero-order valence-electron chi connectivity index (χ0n) is 17.0. The van der Waals surface area contributed by atoms with Crippen LogP contribution in [0.15, 0.2) is 42.5 Å². The average Bonchev–Trinajstić information content (AvgIpc) is 2.65. The predicted molar refractivity (Wildman–Crippen MR) is 112 cm³/mol. The number of nitrogens with one attached hydrogen (secondary N) is 1. The third kappa shape index (κ3) is 4.71. The van der Waals surface area contributed by atoms with Gasteiger partial charge in [-0.25, -0.2) is 0 Å². The predicted octanol–water partition coefficient (Wildman–Crippen LogP) is 4.30. The fourth-order valence-electron chi connectivity index (χ4n) is 3.40. The summed E-state index contributed by atoms with van der Waals surface area (Å²) in [4.78, 5) is 25.8. The van der Waals surface area contributed by atoms with Gasteiger partial charge in [0.15, 0.2) is 6.61 Å². The summed E-state index contributed by atoms with van der Waals surface area (Å²) < 4.78 is 5.60. The first kappa shape index (κ1) is 19.9. The van der Waals surface area contributed by atoms with Gasteiger partial charge in [0.05, 0.1) is 0 Å². The van der Waals surface area contributed by atoms with Crippen molar-refractivity contribution < 1.29 is 14.3 Å². The Hall–Kier alpha value is -2.82. The van der Waals surface area contributed by atoms with Gasteiger partial charge in [-0.2, -0.15) is 0 Å². The minimum absolute atomic E-state index is 0.0450. The van der Waals surface area contributed by atoms with Gasteiger partial charge in [0.2, 0.25) is 5.91 Å². The molecule has 148 valence electrons. The molecule has 0 fully saturated rings. The van der Waals surface area contributed by atoms with Crippen LogP contribution in [-0.2, 0) is 21.4 Å². The van der Waals surface area contributed by atoms with E-state index in [0.29, 0.717) is 5.75 Å². The van der Waals surface area contributed by atoms with E-state index in [0.717, 1.165) is 36.3 Å². The monoisotopic (exact) mass is 380 g/mol. The molecular formula is C23H28N2O3. The van der Waals surface area contributed by atoms with Crippen LogP contribution in [0.3, 0.4) is 0 Å². The molecule has 0 aliphatic carbocycles. The van der Waals surface area contributed by atoms with Crippen molar-refractivity contribution >= 4 is 23.2 Å². The molecule has 0 aromatic heterocycles. The van der Waals surface area contributed by atoms with Crippen LogP contribution in [0.2, 0.25) is 0 Å². The van der Waals surface area contributed by atoms with Crippen molar-refractivity contribution in [2.24, 2.45) is 0 Å². The van der Waals surface area contributed by atoms with Gasteiger partial charge < -0.3 is 15.0 Å². The minimum atomic E-state index is -0.209. The molecule has 1 heterocycles. The topological polar surface area (TPSA) is 58.6 Å². The molecule has 5 heteroatoms. The molecule has 2 aromatic carbocycles. The Morgan fingerprint density at radius 3 is 2.46 bits per heavy atom. The number of carbonyl (C=O) groups excluding carboxylic acids is 2. The smallest absolute Gasteiger partial charge is 0.262 e. The fourth-order valence-corrected chi connectivity index (χ4v) is 3.40. The fraction of sp³-hybridized carbons (Fsp3) is 0.391. The van der Waals surface area contributed by atoms with Crippen LogP contribution in [0.5, 0.6) is 5.75 Å². The van der Waals surface area contributed by atoms with E-state index in [2.05, 4.69) is 26.1 Å². The lowest BCUT2D eigenvalue weighted by molar-refractivity contribution is -0.118. The Labute approximate surface area is 166 Å². The summed E-state index contributed by atoms with van der Waals surface area (Å²) in [7, 11) is 0. The molecule has 0 spiro atoms. The van der Waals surface area contributed by atoms with Crippen LogP contribution in [0.25, 0.3) is 0 Å². The number of benzene rings is 2. The minimum Gasteiger partial charge on any atom is -0.484 e. The molecule has 1 aliphatic rings. The Morgan fingerprint density at radius 1 is 1.11 bits per heavy atom. The second-order valence-electron chi connectivity index (χ2n) is 8.23. The first-order valence-electron chi connectivity index (χ1n) is 9.68. The number of amides is 2. The maximum Gasteiger partial charge on any atom is 0.262 e. The molecule has 1 N–H and O–H groups in total. The third-order valence-electron chi connectivity index (χ3n) is 4.95. The van der Waals surface area contributed by atoms with Gasteiger partial charge in [-0.1, -0.05) is 32.9 Å². The number of carbonyl (C=O) groups is 2. The Balaban J connectivity index is 1.59. The van der Waals surface area contributed by atoms with E-state index in [9.17, 15) is 9.59 Å². The number of nitrogens with zero attached hydrogens (tertiary/aromatic N) is 1. The van der Waals surface area contributed by atoms with Gasteiger partial charge in [0, 0.05) is 24.8 Å². The van der Waals surface area contributed by atoms with E-state index in [-0.39, 0.29) is 23.8 Å². The summed E-state index contributed by atoms with van der Waals surface area (Å²) in [5.74, 6) is 0.508. The van der Waals surface area contributed by atoms with Crippen LogP contribution in [0, 0.1) is 0 Å². The molecule has 1 aliphatic heterocycles. The summed E-state index contributed by atoms with van der Waals surface area (Å²) in [5.41, 5.74) is 4.05. The molecule has 2 aromatic rings. The molecule has 0 saturated heterocycles. The standard InChI is InChI=1S/C23H28N2O3/c1-16(26)25-13-5-6-17-14-19(9-12-21(17)25)24-22(27)15-28-20-10-7-18(8-11-20)23(2,3)4/h7-12,14H,5-6,13,15H2,1-4H3,(H,24,27). The first-order valence-corrected chi connectivity index (χ1v) is 9.68. The Kier molecular flexibility index (Phi) is 5.73. The largest absolute Gasteiger partial charge is 0.484 e. The van der Waals surface area contributed by atoms with E-state index in [4.69, 9.17) is 4.74 Å². The maximum absolute atomic E-state index is 12.3. The van der Waals surface area contributed by atoms with Gasteiger partial charge in [-0.3, -0.25) is 9.59 Å². The van der Waals surface area contributed by atoms with E-state index in [1.54, 1.807) is 11.8 Å². The molecule has 28 heavy (non-hydrogen) atoms. The summed E-state index contributed by atoms with van der Waals surface area (Å²) >= 11 is 0. The van der Waals surface area contributed by atoms with Crippen LogP contribution < -0.4 is 15.0 Å². The summed E-state index contributed by atoms with van der Waals surface area (Å²) in [6.45, 7) is 8.75. The molecular weight excluding hydrogens is 352 g/mol. The third-order valence-corrected chi connectivity index (χ3v) is 4.95. The Morgan fingerprint density at radius 2 is 1.82 bits per heavy atom. The quantitative estimate of drug-likeness (QED) is 0.860. The maximum atomic E-state index is 12.3. The number of rotatable bonds is 4. The number of ether oxygens (including phenoxy) is 1. The highest BCUT2D eigenvalue weighted by Gasteiger charge is 2.20. The molecule has 3 rings (SSSR count). The zero-order chi connectivity index (χ0) is 20.3. The normalized spacial score (nSPS) is 13.6. The van der Waals surface area contributed by atoms with Crippen molar-refractivity contribution in [3.8, 4) is 5.75 Å². The van der Waals surface area contributed by atoms with E-state index < -0.39 is 0 Å². The zero-order valence-corrected chi connectivity index (χ0v) is 17.0. The highest BCUT2D eigenvalue weighted by atomic mass is 16.5. The lowest BCUT2D eigenvalue weighted by Gasteiger charge is -2.29. The highest BCUT2D eigenvalue weighted by molar-refractivity contribution is 5.95. The molecule has 5 nitrogen and oxygen atoms in total. The lowest BCUT2D eigenvalue weighted by Crippen LogP contribution is -2.33. The summed E-state index contributed by atoms with van der Waals surface area (Å²) in [5, 5.41) is 2.87. The number of anilines is 2. The molecule has 0 atom stereocenters. The summed E-state index contributed by atoms with van der Waals surface area (Å²) in [6, 6.07) is 13.5.